The maximum absolute atomic E-state index is 11.5. The molecule has 0 unspecified atom stereocenters. The molecule has 0 aliphatic heterocycles. The number of carbonyl (C=O) groups excluding carboxylic acids is 1. The second-order valence-electron chi connectivity index (χ2n) is 4.50. The average Bonchev–Trinajstić information content (AvgIpc) is 2.50. The number of nitrogens with zero attached hydrogens (tertiary/aromatic N) is 3. The first-order valence-electron chi connectivity index (χ1n) is 6.83. The molecule has 0 bridgehead atoms. The Bertz CT molecular complexity index is 582. The minimum absolute atomic E-state index is 0.337. The van der Waals surface area contributed by atoms with E-state index >= 15 is 0 Å². The molecule has 1 N–H and O–H groups in total. The fourth-order valence-corrected chi connectivity index (χ4v) is 1.70. The number of esters is 1. The largest absolute Gasteiger partial charge is 0.462 e. The molecule has 0 atom stereocenters. The van der Waals surface area contributed by atoms with Gasteiger partial charge in [0.15, 0.2) is 0 Å². The zero-order valence-corrected chi connectivity index (χ0v) is 12.2. The van der Waals surface area contributed by atoms with Gasteiger partial charge in [0, 0.05) is 30.8 Å². The van der Waals surface area contributed by atoms with Crippen molar-refractivity contribution >= 4 is 11.9 Å². The lowest BCUT2D eigenvalue weighted by Gasteiger charge is -2.05. The van der Waals surface area contributed by atoms with E-state index in [2.05, 4.69) is 26.3 Å². The van der Waals surface area contributed by atoms with Gasteiger partial charge in [-0.2, -0.15) is 0 Å². The maximum Gasteiger partial charge on any atom is 0.341 e. The number of rotatable bonds is 6. The molecule has 0 spiro atoms. The number of ether oxygens (including phenoxy) is 1. The van der Waals surface area contributed by atoms with Crippen molar-refractivity contribution in [2.75, 3.05) is 18.5 Å². The van der Waals surface area contributed by atoms with Crippen LogP contribution in [-0.4, -0.2) is 34.1 Å². The van der Waals surface area contributed by atoms with Crippen molar-refractivity contribution in [2.45, 2.75) is 20.3 Å². The number of anilines is 1. The van der Waals surface area contributed by atoms with E-state index < -0.39 is 5.97 Å². The lowest BCUT2D eigenvalue weighted by Crippen LogP contribution is -2.10. The zero-order valence-electron chi connectivity index (χ0n) is 12.2. The molecule has 0 aliphatic rings. The van der Waals surface area contributed by atoms with Crippen LogP contribution in [0.1, 0.15) is 28.5 Å². The summed E-state index contributed by atoms with van der Waals surface area (Å²) < 4.78 is 4.87. The van der Waals surface area contributed by atoms with Gasteiger partial charge in [-0.1, -0.05) is 6.07 Å². The Hall–Kier alpha value is -2.50. The standard InChI is InChI=1S/C15H18N4O2/c1-3-21-14(20)13-9-18-15(19-10-13)16-7-6-12-5-4-11(2)17-8-12/h4-5,8-10H,3,6-7H2,1-2H3,(H,16,18,19). The van der Waals surface area contributed by atoms with Crippen LogP contribution in [0.2, 0.25) is 0 Å². The van der Waals surface area contributed by atoms with Gasteiger partial charge in [0.05, 0.1) is 12.2 Å². The molecule has 2 aromatic heterocycles. The Kier molecular flexibility index (Phi) is 5.20. The third-order valence-corrected chi connectivity index (χ3v) is 2.83. The van der Waals surface area contributed by atoms with Crippen LogP contribution in [0.5, 0.6) is 0 Å². The molecular formula is C15H18N4O2. The van der Waals surface area contributed by atoms with E-state index in [1.807, 2.05) is 19.2 Å². The van der Waals surface area contributed by atoms with Crippen molar-refractivity contribution in [3.8, 4) is 0 Å². The van der Waals surface area contributed by atoms with Crippen LogP contribution in [0.3, 0.4) is 0 Å². The number of aromatic nitrogens is 3. The molecule has 2 rings (SSSR count). The SMILES string of the molecule is CCOC(=O)c1cnc(NCCc2ccc(C)nc2)nc1. The Morgan fingerprint density at radius 3 is 2.57 bits per heavy atom. The van der Waals surface area contributed by atoms with Gasteiger partial charge < -0.3 is 10.1 Å². The summed E-state index contributed by atoms with van der Waals surface area (Å²) in [6, 6.07) is 4.04. The summed E-state index contributed by atoms with van der Waals surface area (Å²) in [7, 11) is 0. The number of nitrogens with one attached hydrogen (secondary N) is 1. The van der Waals surface area contributed by atoms with E-state index in [0.29, 0.717) is 24.7 Å². The van der Waals surface area contributed by atoms with Crippen molar-refractivity contribution in [1.82, 2.24) is 15.0 Å². The molecular weight excluding hydrogens is 268 g/mol. The van der Waals surface area contributed by atoms with Gasteiger partial charge in [-0.05, 0) is 31.9 Å². The second kappa shape index (κ2) is 7.33. The van der Waals surface area contributed by atoms with E-state index in [1.54, 1.807) is 6.92 Å². The van der Waals surface area contributed by atoms with Crippen LogP contribution in [0.25, 0.3) is 0 Å². The molecule has 0 saturated heterocycles. The van der Waals surface area contributed by atoms with E-state index in [-0.39, 0.29) is 0 Å². The summed E-state index contributed by atoms with van der Waals surface area (Å²) in [6.45, 7) is 4.75. The lowest BCUT2D eigenvalue weighted by molar-refractivity contribution is 0.0525. The predicted molar refractivity (Wildman–Crippen MR) is 79.2 cm³/mol. The summed E-state index contributed by atoms with van der Waals surface area (Å²) >= 11 is 0. The average molecular weight is 286 g/mol. The number of hydrogen-bond acceptors (Lipinski definition) is 6. The van der Waals surface area contributed by atoms with Gasteiger partial charge in [-0.3, -0.25) is 4.98 Å². The number of aryl methyl sites for hydroxylation is 1. The van der Waals surface area contributed by atoms with Crippen LogP contribution in [0.4, 0.5) is 5.95 Å². The molecule has 2 aromatic rings. The van der Waals surface area contributed by atoms with E-state index in [0.717, 1.165) is 17.7 Å². The van der Waals surface area contributed by atoms with E-state index in [4.69, 9.17) is 4.74 Å². The van der Waals surface area contributed by atoms with Crippen molar-refractivity contribution in [2.24, 2.45) is 0 Å². The monoisotopic (exact) mass is 286 g/mol. The fraction of sp³-hybridized carbons (Fsp3) is 0.333. The van der Waals surface area contributed by atoms with Crippen LogP contribution >= 0.6 is 0 Å². The quantitative estimate of drug-likeness (QED) is 0.819. The summed E-state index contributed by atoms with van der Waals surface area (Å²) in [6.07, 6.45) is 5.61. The molecule has 0 saturated carbocycles. The van der Waals surface area contributed by atoms with Crippen LogP contribution in [-0.2, 0) is 11.2 Å². The highest BCUT2D eigenvalue weighted by atomic mass is 16.5. The highest BCUT2D eigenvalue weighted by molar-refractivity contribution is 5.88. The molecule has 110 valence electrons. The zero-order chi connectivity index (χ0) is 15.1. The predicted octanol–water partition coefficient (Wildman–Crippen LogP) is 2.01. The molecule has 6 nitrogen and oxygen atoms in total. The minimum Gasteiger partial charge on any atom is -0.462 e. The fourth-order valence-electron chi connectivity index (χ4n) is 1.70. The molecule has 0 aliphatic carbocycles. The van der Waals surface area contributed by atoms with Crippen LogP contribution in [0.15, 0.2) is 30.7 Å². The third kappa shape index (κ3) is 4.52. The van der Waals surface area contributed by atoms with Gasteiger partial charge in [-0.15, -0.1) is 0 Å². The third-order valence-electron chi connectivity index (χ3n) is 2.83. The number of hydrogen-bond donors (Lipinski definition) is 1. The van der Waals surface area contributed by atoms with Crippen molar-refractivity contribution in [3.63, 3.8) is 0 Å². The second-order valence-corrected chi connectivity index (χ2v) is 4.50. The Morgan fingerprint density at radius 1 is 1.19 bits per heavy atom. The van der Waals surface area contributed by atoms with E-state index in [1.165, 1.54) is 12.4 Å². The van der Waals surface area contributed by atoms with Crippen LogP contribution in [0, 0.1) is 6.92 Å². The molecule has 0 radical (unpaired) electrons. The molecule has 21 heavy (non-hydrogen) atoms. The summed E-state index contributed by atoms with van der Waals surface area (Å²) in [5.41, 5.74) is 2.51. The summed E-state index contributed by atoms with van der Waals surface area (Å²) in [4.78, 5) is 23.9. The van der Waals surface area contributed by atoms with Gasteiger partial charge in [0.2, 0.25) is 5.95 Å². The lowest BCUT2D eigenvalue weighted by atomic mass is 10.2. The normalized spacial score (nSPS) is 10.2. The van der Waals surface area contributed by atoms with Gasteiger partial charge in [-0.25, -0.2) is 14.8 Å². The highest BCUT2D eigenvalue weighted by Gasteiger charge is 2.07. The van der Waals surface area contributed by atoms with E-state index in [9.17, 15) is 4.79 Å². The minimum atomic E-state index is -0.408. The number of carbonyl (C=O) groups is 1. The van der Waals surface area contributed by atoms with Gasteiger partial charge in [0.1, 0.15) is 0 Å². The van der Waals surface area contributed by atoms with Crippen molar-refractivity contribution in [3.05, 3.63) is 47.5 Å². The molecule has 0 amide bonds. The van der Waals surface area contributed by atoms with Crippen LogP contribution < -0.4 is 5.32 Å². The Balaban J connectivity index is 1.83. The molecule has 6 heteroatoms. The van der Waals surface area contributed by atoms with Crippen molar-refractivity contribution in [1.29, 1.82) is 0 Å². The first kappa shape index (κ1) is 14.9. The smallest absolute Gasteiger partial charge is 0.341 e. The van der Waals surface area contributed by atoms with Gasteiger partial charge in [0.25, 0.3) is 0 Å². The molecule has 0 aromatic carbocycles. The summed E-state index contributed by atoms with van der Waals surface area (Å²) in [5, 5.41) is 3.10. The maximum atomic E-state index is 11.5. The highest BCUT2D eigenvalue weighted by Crippen LogP contribution is 2.04. The van der Waals surface area contributed by atoms with Gasteiger partial charge >= 0.3 is 5.97 Å². The number of pyridine rings is 1. The first-order chi connectivity index (χ1) is 10.2. The Labute approximate surface area is 123 Å². The molecule has 0 fully saturated rings. The summed E-state index contributed by atoms with van der Waals surface area (Å²) in [5.74, 6) is 0.0814. The Morgan fingerprint density at radius 2 is 1.95 bits per heavy atom. The topological polar surface area (TPSA) is 77.0 Å². The van der Waals surface area contributed by atoms with Crippen molar-refractivity contribution < 1.29 is 9.53 Å². The first-order valence-corrected chi connectivity index (χ1v) is 6.83. The molecule has 2 heterocycles.